The first-order valence-electron chi connectivity index (χ1n) is 6.61. The van der Waals surface area contributed by atoms with Crippen molar-refractivity contribution >= 4 is 5.91 Å². The molecule has 3 nitrogen and oxygen atoms in total. The number of hydrogen-bond acceptors (Lipinski definition) is 2. The molecule has 1 aliphatic carbocycles. The Balaban J connectivity index is 1.60. The molecule has 2 unspecified atom stereocenters. The van der Waals surface area contributed by atoms with E-state index in [0.29, 0.717) is 23.9 Å². The van der Waals surface area contributed by atoms with Gasteiger partial charge < -0.3 is 10.6 Å². The van der Waals surface area contributed by atoms with E-state index in [1.807, 2.05) is 0 Å². The maximum absolute atomic E-state index is 11.7. The number of hydrogen-bond donors (Lipinski definition) is 2. The molecule has 0 spiro atoms. The number of amides is 1. The quantitative estimate of drug-likeness (QED) is 0.765. The first-order chi connectivity index (χ1) is 7.58. The molecule has 0 bridgehead atoms. The van der Waals surface area contributed by atoms with E-state index in [-0.39, 0.29) is 5.91 Å². The van der Waals surface area contributed by atoms with Gasteiger partial charge in [-0.25, -0.2) is 0 Å². The molecule has 0 radical (unpaired) electrons. The predicted molar refractivity (Wildman–Crippen MR) is 65.2 cm³/mol. The van der Waals surface area contributed by atoms with Crippen LogP contribution < -0.4 is 10.6 Å². The van der Waals surface area contributed by atoms with Gasteiger partial charge in [-0.15, -0.1) is 0 Å². The fraction of sp³-hybridized carbons (Fsp3) is 0.923. The highest BCUT2D eigenvalue weighted by molar-refractivity contribution is 5.76. The van der Waals surface area contributed by atoms with Crippen LogP contribution in [0.15, 0.2) is 0 Å². The van der Waals surface area contributed by atoms with Gasteiger partial charge in [0.1, 0.15) is 0 Å². The third kappa shape index (κ3) is 3.21. The lowest BCUT2D eigenvalue weighted by Gasteiger charge is -2.23. The average molecular weight is 224 g/mol. The van der Waals surface area contributed by atoms with Gasteiger partial charge in [-0.3, -0.25) is 4.79 Å². The van der Waals surface area contributed by atoms with Crippen LogP contribution >= 0.6 is 0 Å². The summed E-state index contributed by atoms with van der Waals surface area (Å²) in [4.78, 5) is 11.7. The van der Waals surface area contributed by atoms with E-state index in [4.69, 9.17) is 0 Å². The predicted octanol–water partition coefficient (Wildman–Crippen LogP) is 1.82. The third-order valence-electron chi connectivity index (χ3n) is 3.98. The van der Waals surface area contributed by atoms with E-state index in [1.54, 1.807) is 0 Å². The summed E-state index contributed by atoms with van der Waals surface area (Å²) in [7, 11) is 0. The fourth-order valence-electron chi connectivity index (χ4n) is 2.46. The van der Waals surface area contributed by atoms with Crippen LogP contribution in [0.3, 0.4) is 0 Å². The molecule has 1 heterocycles. The van der Waals surface area contributed by atoms with Crippen molar-refractivity contribution in [3.05, 3.63) is 0 Å². The molecule has 2 atom stereocenters. The van der Waals surface area contributed by atoms with Crippen molar-refractivity contribution in [2.45, 2.75) is 64.5 Å². The smallest absolute Gasteiger partial charge is 0.220 e. The SMILES string of the molecule is CC1(C)CC1NC(=O)CCC1CCCCN1. The van der Waals surface area contributed by atoms with Crippen molar-refractivity contribution in [2.75, 3.05) is 6.54 Å². The second-order valence-electron chi connectivity index (χ2n) is 6.00. The summed E-state index contributed by atoms with van der Waals surface area (Å²) in [5.41, 5.74) is 0.346. The van der Waals surface area contributed by atoms with E-state index in [9.17, 15) is 4.79 Å². The minimum Gasteiger partial charge on any atom is -0.353 e. The molecule has 0 aromatic carbocycles. The van der Waals surface area contributed by atoms with E-state index >= 15 is 0 Å². The molecule has 2 rings (SSSR count). The first kappa shape index (κ1) is 11.9. The van der Waals surface area contributed by atoms with Gasteiger partial charge in [0.15, 0.2) is 0 Å². The van der Waals surface area contributed by atoms with Crippen LogP contribution in [0.25, 0.3) is 0 Å². The molecule has 1 saturated heterocycles. The van der Waals surface area contributed by atoms with Crippen molar-refractivity contribution in [3.8, 4) is 0 Å². The van der Waals surface area contributed by atoms with E-state index in [2.05, 4.69) is 24.5 Å². The Morgan fingerprint density at radius 1 is 1.44 bits per heavy atom. The molecule has 0 aromatic rings. The number of carbonyl (C=O) groups excluding carboxylic acids is 1. The molecule has 2 N–H and O–H groups in total. The molecule has 1 aliphatic heterocycles. The Labute approximate surface area is 98.4 Å². The molecule has 2 fully saturated rings. The highest BCUT2D eigenvalue weighted by atomic mass is 16.1. The summed E-state index contributed by atoms with van der Waals surface area (Å²) >= 11 is 0. The molecular formula is C13H24N2O. The summed E-state index contributed by atoms with van der Waals surface area (Å²) in [6.07, 6.45) is 6.67. The van der Waals surface area contributed by atoms with Crippen LogP contribution in [-0.4, -0.2) is 24.5 Å². The molecule has 0 aromatic heterocycles. The minimum atomic E-state index is 0.239. The van der Waals surface area contributed by atoms with Crippen LogP contribution in [0, 0.1) is 5.41 Å². The molecular weight excluding hydrogens is 200 g/mol. The normalized spacial score (nSPS) is 32.1. The Morgan fingerprint density at radius 2 is 2.19 bits per heavy atom. The van der Waals surface area contributed by atoms with Crippen LogP contribution in [0.5, 0.6) is 0 Å². The fourth-order valence-corrected chi connectivity index (χ4v) is 2.46. The number of nitrogens with one attached hydrogen (secondary N) is 2. The maximum Gasteiger partial charge on any atom is 0.220 e. The van der Waals surface area contributed by atoms with Crippen LogP contribution in [0.4, 0.5) is 0 Å². The van der Waals surface area contributed by atoms with E-state index in [0.717, 1.165) is 19.4 Å². The van der Waals surface area contributed by atoms with Gasteiger partial charge in [0.05, 0.1) is 0 Å². The Bertz CT molecular complexity index is 257. The van der Waals surface area contributed by atoms with Gasteiger partial charge in [0.2, 0.25) is 5.91 Å². The average Bonchev–Trinajstić information content (AvgIpc) is 2.84. The van der Waals surface area contributed by atoms with Gasteiger partial charge in [-0.1, -0.05) is 20.3 Å². The number of piperidine rings is 1. The first-order valence-corrected chi connectivity index (χ1v) is 6.61. The van der Waals surface area contributed by atoms with Gasteiger partial charge in [0.25, 0.3) is 0 Å². The van der Waals surface area contributed by atoms with Crippen LogP contribution in [0.1, 0.15) is 52.4 Å². The number of carbonyl (C=O) groups is 1. The van der Waals surface area contributed by atoms with Crippen molar-refractivity contribution in [3.63, 3.8) is 0 Å². The van der Waals surface area contributed by atoms with Crippen LogP contribution in [-0.2, 0) is 4.79 Å². The zero-order chi connectivity index (χ0) is 11.6. The lowest BCUT2D eigenvalue weighted by Crippen LogP contribution is -2.36. The van der Waals surface area contributed by atoms with Gasteiger partial charge in [-0.2, -0.15) is 0 Å². The second-order valence-corrected chi connectivity index (χ2v) is 6.00. The largest absolute Gasteiger partial charge is 0.353 e. The van der Waals surface area contributed by atoms with Crippen LogP contribution in [0.2, 0.25) is 0 Å². The van der Waals surface area contributed by atoms with Gasteiger partial charge >= 0.3 is 0 Å². The van der Waals surface area contributed by atoms with E-state index < -0.39 is 0 Å². The van der Waals surface area contributed by atoms with Crippen molar-refractivity contribution in [1.82, 2.24) is 10.6 Å². The Kier molecular flexibility index (Phi) is 3.53. The topological polar surface area (TPSA) is 41.1 Å². The Morgan fingerprint density at radius 3 is 2.75 bits per heavy atom. The maximum atomic E-state index is 11.7. The molecule has 2 aliphatic rings. The molecule has 16 heavy (non-hydrogen) atoms. The van der Waals surface area contributed by atoms with Gasteiger partial charge in [-0.05, 0) is 37.6 Å². The standard InChI is InChI=1S/C13H24N2O/c1-13(2)9-11(13)15-12(16)7-6-10-5-3-4-8-14-10/h10-11,14H,3-9H2,1-2H3,(H,15,16). The molecule has 1 amide bonds. The zero-order valence-corrected chi connectivity index (χ0v) is 10.5. The second kappa shape index (κ2) is 4.74. The summed E-state index contributed by atoms with van der Waals surface area (Å²) in [5.74, 6) is 0.239. The minimum absolute atomic E-state index is 0.239. The molecule has 3 heteroatoms. The lowest BCUT2D eigenvalue weighted by atomic mass is 10.0. The van der Waals surface area contributed by atoms with Crippen molar-refractivity contribution in [1.29, 1.82) is 0 Å². The summed E-state index contributed by atoms with van der Waals surface area (Å²) in [6, 6.07) is 1.01. The van der Waals surface area contributed by atoms with Crippen molar-refractivity contribution in [2.24, 2.45) is 5.41 Å². The summed E-state index contributed by atoms with van der Waals surface area (Å²) < 4.78 is 0. The molecule has 1 saturated carbocycles. The van der Waals surface area contributed by atoms with E-state index in [1.165, 1.54) is 19.3 Å². The highest BCUT2D eigenvalue weighted by Crippen LogP contribution is 2.44. The monoisotopic (exact) mass is 224 g/mol. The summed E-state index contributed by atoms with van der Waals surface area (Å²) in [6.45, 7) is 5.54. The summed E-state index contributed by atoms with van der Waals surface area (Å²) in [5, 5.41) is 6.60. The van der Waals surface area contributed by atoms with Crippen molar-refractivity contribution < 1.29 is 4.79 Å². The van der Waals surface area contributed by atoms with Gasteiger partial charge in [0, 0.05) is 18.5 Å². The zero-order valence-electron chi connectivity index (χ0n) is 10.5. The third-order valence-corrected chi connectivity index (χ3v) is 3.98. The lowest BCUT2D eigenvalue weighted by molar-refractivity contribution is -0.121. The Hall–Kier alpha value is -0.570. The highest BCUT2D eigenvalue weighted by Gasteiger charge is 2.46. The number of rotatable bonds is 4. The molecule has 92 valence electrons.